The third kappa shape index (κ3) is 6.79. The van der Waals surface area contributed by atoms with Gasteiger partial charge in [0.2, 0.25) is 0 Å². The molecule has 0 unspecified atom stereocenters. The van der Waals surface area contributed by atoms with Gasteiger partial charge in [-0.1, -0.05) is 103 Å². The molecule has 0 spiro atoms. The highest BCUT2D eigenvalue weighted by atomic mass is 19.4. The van der Waals surface area contributed by atoms with Crippen molar-refractivity contribution in [2.24, 2.45) is 0 Å². The number of aromatic nitrogens is 2. The second-order valence-corrected chi connectivity index (χ2v) is 16.4. The molecule has 0 aliphatic rings. The van der Waals surface area contributed by atoms with Gasteiger partial charge in [0.1, 0.15) is 0 Å². The van der Waals surface area contributed by atoms with Crippen LogP contribution in [0.15, 0.2) is 188 Å². The van der Waals surface area contributed by atoms with Gasteiger partial charge in [0.05, 0.1) is 59.1 Å². The van der Waals surface area contributed by atoms with Crippen LogP contribution in [0.4, 0.5) is 30.2 Å². The Morgan fingerprint density at radius 3 is 1.69 bits per heavy atom. The predicted octanol–water partition coefficient (Wildman–Crippen LogP) is 17.1. The first-order chi connectivity index (χ1) is 33.1. The van der Waals surface area contributed by atoms with Crippen molar-refractivity contribution in [1.82, 2.24) is 9.13 Å². The van der Waals surface area contributed by atoms with E-state index in [1.807, 2.05) is 109 Å². The summed E-state index contributed by atoms with van der Waals surface area (Å²) in [4.78, 5) is 11.2. The third-order valence-electron chi connectivity index (χ3n) is 12.6. The van der Waals surface area contributed by atoms with Gasteiger partial charge in [-0.15, -0.1) is 0 Å². The molecule has 0 atom stereocenters. The number of hydrogen-bond donors (Lipinski definition) is 0. The van der Waals surface area contributed by atoms with Crippen LogP contribution >= 0.6 is 0 Å². The number of nitriles is 1. The van der Waals surface area contributed by atoms with Crippen molar-refractivity contribution in [2.75, 3.05) is 0 Å². The summed E-state index contributed by atoms with van der Waals surface area (Å²) in [5.74, 6) is 0. The minimum atomic E-state index is -4.63. The summed E-state index contributed by atoms with van der Waals surface area (Å²) in [6.07, 6.45) is -4.63. The van der Waals surface area contributed by atoms with Gasteiger partial charge < -0.3 is 9.13 Å². The molecular formula is C59H31F3N6. The van der Waals surface area contributed by atoms with Crippen LogP contribution in [0.1, 0.15) is 11.1 Å². The molecule has 6 nitrogen and oxygen atoms in total. The fourth-order valence-electron chi connectivity index (χ4n) is 9.50. The number of fused-ring (bicyclic) bond motifs is 6. The van der Waals surface area contributed by atoms with Gasteiger partial charge in [0, 0.05) is 32.8 Å². The summed E-state index contributed by atoms with van der Waals surface area (Å²) in [7, 11) is 0. The molecule has 0 amide bonds. The molecule has 0 aliphatic heterocycles. The SMILES string of the molecule is [C-]#[N+]c1cccc(-c2ccc3c(c2)c2ccccc2n3-c2ccc(-c3ccc(C(F)(F)F)cc3[N+]#[C-])cc2-c2cc(-n3c4ccccc4c4cc(-c5cccc(C#N)c5)ccc43)ccc2[N+]#[C-])c1. The second-order valence-electron chi connectivity index (χ2n) is 16.4. The predicted molar refractivity (Wildman–Crippen MR) is 265 cm³/mol. The second kappa shape index (κ2) is 16.1. The summed E-state index contributed by atoms with van der Waals surface area (Å²) < 4.78 is 46.1. The molecule has 9 aromatic carbocycles. The van der Waals surface area contributed by atoms with Crippen molar-refractivity contribution in [2.45, 2.75) is 6.18 Å². The maximum absolute atomic E-state index is 13.9. The van der Waals surface area contributed by atoms with E-state index < -0.39 is 11.7 Å². The van der Waals surface area contributed by atoms with E-state index in [2.05, 4.69) is 72.2 Å². The van der Waals surface area contributed by atoms with E-state index in [-0.39, 0.29) is 5.69 Å². The van der Waals surface area contributed by atoms with E-state index >= 15 is 0 Å². The number of halogens is 3. The van der Waals surface area contributed by atoms with Gasteiger partial charge in [-0.05, 0) is 129 Å². The molecular weight excluding hydrogens is 850 g/mol. The highest BCUT2D eigenvalue weighted by Crippen LogP contribution is 2.46. The Bertz CT molecular complexity index is 4090. The minimum absolute atomic E-state index is 0.145. The van der Waals surface area contributed by atoms with Crippen LogP contribution in [0, 0.1) is 31.0 Å². The number of alkyl halides is 3. The van der Waals surface area contributed by atoms with Gasteiger partial charge in [0.15, 0.2) is 17.1 Å². The minimum Gasteiger partial charge on any atom is -0.309 e. The topological polar surface area (TPSA) is 46.7 Å². The van der Waals surface area contributed by atoms with Crippen LogP contribution in [0.25, 0.3) is 114 Å². The molecule has 0 N–H and O–H groups in total. The summed E-state index contributed by atoms with van der Waals surface area (Å²) in [5.41, 5.74) is 11.3. The molecule has 0 aliphatic carbocycles. The van der Waals surface area contributed by atoms with E-state index in [9.17, 15) is 18.4 Å². The van der Waals surface area contributed by atoms with Gasteiger partial charge in [0.25, 0.3) is 0 Å². The lowest BCUT2D eigenvalue weighted by Crippen LogP contribution is -2.04. The number of para-hydroxylation sites is 2. The van der Waals surface area contributed by atoms with Crippen molar-refractivity contribution >= 4 is 60.7 Å². The molecule has 68 heavy (non-hydrogen) atoms. The van der Waals surface area contributed by atoms with Crippen molar-refractivity contribution in [3.63, 3.8) is 0 Å². The van der Waals surface area contributed by atoms with E-state index in [4.69, 9.17) is 19.7 Å². The summed E-state index contributed by atoms with van der Waals surface area (Å²) in [6, 6.07) is 60.4. The Morgan fingerprint density at radius 1 is 0.426 bits per heavy atom. The normalized spacial score (nSPS) is 11.4. The van der Waals surface area contributed by atoms with Crippen LogP contribution in [0.2, 0.25) is 0 Å². The zero-order valence-corrected chi connectivity index (χ0v) is 35.7. The third-order valence-corrected chi connectivity index (χ3v) is 12.6. The molecule has 0 fully saturated rings. The quantitative estimate of drug-likeness (QED) is 0.154. The zero-order valence-electron chi connectivity index (χ0n) is 35.7. The van der Waals surface area contributed by atoms with E-state index in [0.717, 1.165) is 83.7 Å². The van der Waals surface area contributed by atoms with Crippen LogP contribution in [0.5, 0.6) is 0 Å². The molecule has 0 bridgehead atoms. The first-order valence-corrected chi connectivity index (χ1v) is 21.5. The fourth-order valence-corrected chi connectivity index (χ4v) is 9.50. The highest BCUT2D eigenvalue weighted by Gasteiger charge is 2.31. The molecule has 2 heterocycles. The highest BCUT2D eigenvalue weighted by molar-refractivity contribution is 6.12. The van der Waals surface area contributed by atoms with Gasteiger partial charge >= 0.3 is 6.18 Å². The van der Waals surface area contributed by atoms with Gasteiger partial charge in [-0.25, -0.2) is 14.5 Å². The van der Waals surface area contributed by atoms with Crippen molar-refractivity contribution in [1.29, 1.82) is 5.26 Å². The zero-order chi connectivity index (χ0) is 46.7. The number of hydrogen-bond acceptors (Lipinski definition) is 1. The largest absolute Gasteiger partial charge is 0.415 e. The maximum Gasteiger partial charge on any atom is 0.415 e. The molecule has 11 aromatic rings. The Kier molecular flexibility index (Phi) is 9.72. The van der Waals surface area contributed by atoms with Crippen LogP contribution in [-0.4, -0.2) is 9.13 Å². The maximum atomic E-state index is 13.9. The van der Waals surface area contributed by atoms with Crippen LogP contribution in [-0.2, 0) is 6.18 Å². The van der Waals surface area contributed by atoms with Crippen LogP contribution in [0.3, 0.4) is 0 Å². The van der Waals surface area contributed by atoms with Gasteiger partial charge in [-0.3, -0.25) is 0 Å². The lowest BCUT2D eigenvalue weighted by atomic mass is 9.94. The first-order valence-electron chi connectivity index (χ1n) is 21.5. The van der Waals surface area contributed by atoms with Crippen molar-refractivity contribution < 1.29 is 13.2 Å². The lowest BCUT2D eigenvalue weighted by molar-refractivity contribution is -0.137. The Hall–Kier alpha value is -9.67. The van der Waals surface area contributed by atoms with Crippen LogP contribution < -0.4 is 0 Å². The summed E-state index contributed by atoms with van der Waals surface area (Å²) in [5, 5.41) is 13.6. The molecule has 11 rings (SSSR count). The van der Waals surface area contributed by atoms with Crippen molar-refractivity contribution in [3.05, 3.63) is 233 Å². The molecule has 2 aromatic heterocycles. The van der Waals surface area contributed by atoms with E-state index in [1.54, 1.807) is 18.2 Å². The average molecular weight is 881 g/mol. The summed E-state index contributed by atoms with van der Waals surface area (Å²) >= 11 is 0. The Balaban J connectivity index is 1.17. The number of rotatable bonds is 6. The molecule has 318 valence electrons. The molecule has 0 saturated carbocycles. The molecule has 9 heteroatoms. The standard InChI is InChI=1S/C59H31F3N6/c1-64-43-13-9-12-38(29-43)40-19-26-57-50(31-40)47-15-5-7-17-55(47)68(57)58-27-20-41(45-23-21-42(59(60,61)62)33-53(45)66-3)32-51(58)48-34-44(22-24-52(48)65-2)67-54-16-6-4-14-46(54)49-30-39(18-25-56(49)67)37-11-8-10-36(28-37)35-63/h4-34H. The van der Waals surface area contributed by atoms with Crippen molar-refractivity contribution in [3.8, 4) is 62.0 Å². The molecule has 0 saturated heterocycles. The Morgan fingerprint density at radius 2 is 1.03 bits per heavy atom. The Labute approximate surface area is 388 Å². The summed E-state index contributed by atoms with van der Waals surface area (Å²) in [6.45, 7) is 24.1. The lowest BCUT2D eigenvalue weighted by Gasteiger charge is -2.19. The smallest absolute Gasteiger partial charge is 0.309 e. The fraction of sp³-hybridized carbons (Fsp3) is 0.0169. The van der Waals surface area contributed by atoms with Gasteiger partial charge in [-0.2, -0.15) is 18.4 Å². The number of benzene rings is 9. The van der Waals surface area contributed by atoms with E-state index in [0.29, 0.717) is 44.9 Å². The van der Waals surface area contributed by atoms with E-state index in [1.165, 1.54) is 6.07 Å². The average Bonchev–Trinajstić information content (AvgIpc) is 3.90. The first kappa shape index (κ1) is 41.1. The molecule has 0 radical (unpaired) electrons. The monoisotopic (exact) mass is 880 g/mol. The number of nitrogens with zero attached hydrogens (tertiary/aromatic N) is 6.